The molecule has 7 nitrogen and oxygen atoms in total. The Labute approximate surface area is 380 Å². The molecule has 0 unspecified atom stereocenters. The quantitative estimate of drug-likeness (QED) is 0.159. The summed E-state index contributed by atoms with van der Waals surface area (Å²) in [6, 6.07) is 76.6. The zero-order chi connectivity index (χ0) is 44.1. The van der Waals surface area contributed by atoms with Crippen LogP contribution in [-0.2, 0) is 0 Å². The van der Waals surface area contributed by atoms with Gasteiger partial charge in [0.05, 0.1) is 51.0 Å². The molecule has 306 valence electrons. The topological polar surface area (TPSA) is 96.1 Å². The van der Waals surface area contributed by atoms with Gasteiger partial charge < -0.3 is 9.13 Å². The molecule has 3 aromatic heterocycles. The molecule has 12 rings (SSSR count). The molecular formula is C59H35N7. The zero-order valence-electron chi connectivity index (χ0n) is 35.3. The SMILES string of the molecule is N#Cc1ccccc1-c1cc(-c2nc(-c3ccccc3)nc(-c3ccccc3)n2)cc(-c2ccccc2C#N)c1-n1c2ccccc2c2cc(-n3c4ccccc4c4ccccc43)ccc21. The highest BCUT2D eigenvalue weighted by molar-refractivity contribution is 6.13. The van der Waals surface area contributed by atoms with Crippen LogP contribution >= 0.6 is 0 Å². The molecule has 12 aromatic rings. The summed E-state index contributed by atoms with van der Waals surface area (Å²) in [4.78, 5) is 15.3. The third-order valence-corrected chi connectivity index (χ3v) is 12.5. The fraction of sp³-hybridized carbons (Fsp3) is 0. The summed E-state index contributed by atoms with van der Waals surface area (Å²) in [6.45, 7) is 0. The monoisotopic (exact) mass is 841 g/mol. The minimum atomic E-state index is 0.457. The number of aromatic nitrogens is 5. The Kier molecular flexibility index (Phi) is 9.12. The first-order chi connectivity index (χ1) is 32.7. The molecule has 0 radical (unpaired) electrons. The van der Waals surface area contributed by atoms with E-state index in [2.05, 4.69) is 124 Å². The zero-order valence-corrected chi connectivity index (χ0v) is 35.3. The lowest BCUT2D eigenvalue weighted by Crippen LogP contribution is -2.05. The number of benzene rings is 9. The van der Waals surface area contributed by atoms with Crippen molar-refractivity contribution in [2.24, 2.45) is 0 Å². The maximum Gasteiger partial charge on any atom is 0.164 e. The van der Waals surface area contributed by atoms with E-state index in [1.807, 2.05) is 109 Å². The second kappa shape index (κ2) is 15.7. The number of para-hydroxylation sites is 3. The standard InChI is InChI=1S/C59H35N7/c60-36-40-21-7-9-23-44(40)50-33-42(59-63-57(38-17-3-1-4-18-38)62-58(64-59)39-19-5-2-6-20-39)34-51(45-24-10-8-22-41(45)37-61)56(50)66-54-30-16-13-27-48(54)49-35-43(31-32-55(49)66)65-52-28-14-11-25-46(52)47-26-12-15-29-53(47)65/h1-35H. The Balaban J connectivity index is 1.20. The molecule has 0 fully saturated rings. The first-order valence-electron chi connectivity index (χ1n) is 21.7. The van der Waals surface area contributed by atoms with Crippen LogP contribution in [0, 0.1) is 22.7 Å². The summed E-state index contributed by atoms with van der Waals surface area (Å²) in [5.41, 5.74) is 12.5. The molecule has 0 aliphatic rings. The van der Waals surface area contributed by atoms with E-state index in [4.69, 9.17) is 15.0 Å². The summed E-state index contributed by atoms with van der Waals surface area (Å²) < 4.78 is 4.64. The normalized spacial score (nSPS) is 11.3. The van der Waals surface area contributed by atoms with E-state index in [1.165, 1.54) is 10.8 Å². The largest absolute Gasteiger partial charge is 0.309 e. The third-order valence-electron chi connectivity index (χ3n) is 12.5. The van der Waals surface area contributed by atoms with Gasteiger partial charge in [-0.2, -0.15) is 10.5 Å². The summed E-state index contributed by atoms with van der Waals surface area (Å²) >= 11 is 0. The Morgan fingerprint density at radius 1 is 0.318 bits per heavy atom. The summed E-state index contributed by atoms with van der Waals surface area (Å²) in [7, 11) is 0. The smallest absolute Gasteiger partial charge is 0.164 e. The van der Waals surface area contributed by atoms with Crippen molar-refractivity contribution >= 4 is 43.6 Å². The second-order valence-electron chi connectivity index (χ2n) is 16.2. The minimum Gasteiger partial charge on any atom is -0.309 e. The van der Waals surface area contributed by atoms with Crippen LogP contribution in [0.4, 0.5) is 0 Å². The fourth-order valence-corrected chi connectivity index (χ4v) is 9.53. The van der Waals surface area contributed by atoms with E-state index in [1.54, 1.807) is 0 Å². The Morgan fingerprint density at radius 3 is 1.21 bits per heavy atom. The van der Waals surface area contributed by atoms with E-state index in [0.717, 1.165) is 77.6 Å². The van der Waals surface area contributed by atoms with Crippen molar-refractivity contribution in [3.8, 4) is 79.9 Å². The highest BCUT2D eigenvalue weighted by Gasteiger charge is 2.26. The number of rotatable bonds is 7. The number of nitriles is 2. The van der Waals surface area contributed by atoms with E-state index in [-0.39, 0.29) is 0 Å². The molecule has 0 N–H and O–H groups in total. The number of hydrogen-bond donors (Lipinski definition) is 0. The lowest BCUT2D eigenvalue weighted by Gasteiger charge is -2.22. The van der Waals surface area contributed by atoms with Crippen LogP contribution in [0.5, 0.6) is 0 Å². The predicted octanol–water partition coefficient (Wildman–Crippen LogP) is 14.1. The van der Waals surface area contributed by atoms with Crippen LogP contribution < -0.4 is 0 Å². The molecule has 0 saturated carbocycles. The molecule has 9 aromatic carbocycles. The molecule has 0 amide bonds. The lowest BCUT2D eigenvalue weighted by atomic mass is 9.89. The van der Waals surface area contributed by atoms with E-state index >= 15 is 0 Å². The minimum absolute atomic E-state index is 0.457. The van der Waals surface area contributed by atoms with Gasteiger partial charge in [-0.3, -0.25) is 0 Å². The molecule has 66 heavy (non-hydrogen) atoms. The van der Waals surface area contributed by atoms with Gasteiger partial charge in [0, 0.05) is 66.2 Å². The highest BCUT2D eigenvalue weighted by Crippen LogP contribution is 2.46. The highest BCUT2D eigenvalue weighted by atomic mass is 15.0. The Morgan fingerprint density at radius 2 is 0.712 bits per heavy atom. The Hall–Kier alpha value is -9.43. The summed E-state index contributed by atoms with van der Waals surface area (Å²) in [6.07, 6.45) is 0. The van der Waals surface area contributed by atoms with Gasteiger partial charge in [-0.05, 0) is 60.7 Å². The summed E-state index contributed by atoms with van der Waals surface area (Å²) in [5.74, 6) is 1.52. The van der Waals surface area contributed by atoms with Crippen molar-refractivity contribution in [2.45, 2.75) is 0 Å². The first-order valence-corrected chi connectivity index (χ1v) is 21.7. The van der Waals surface area contributed by atoms with Crippen molar-refractivity contribution < 1.29 is 0 Å². The van der Waals surface area contributed by atoms with Crippen LogP contribution in [0.25, 0.3) is 111 Å². The number of nitrogens with zero attached hydrogens (tertiary/aromatic N) is 7. The molecule has 0 spiro atoms. The van der Waals surface area contributed by atoms with Gasteiger partial charge in [-0.25, -0.2) is 15.0 Å². The van der Waals surface area contributed by atoms with E-state index < -0.39 is 0 Å². The van der Waals surface area contributed by atoms with Gasteiger partial charge >= 0.3 is 0 Å². The van der Waals surface area contributed by atoms with Gasteiger partial charge in [0.2, 0.25) is 0 Å². The van der Waals surface area contributed by atoms with Crippen molar-refractivity contribution in [2.75, 3.05) is 0 Å². The van der Waals surface area contributed by atoms with E-state index in [0.29, 0.717) is 34.2 Å². The molecule has 0 aliphatic carbocycles. The van der Waals surface area contributed by atoms with Gasteiger partial charge in [-0.15, -0.1) is 0 Å². The van der Waals surface area contributed by atoms with Crippen molar-refractivity contribution in [1.82, 2.24) is 24.1 Å². The van der Waals surface area contributed by atoms with Crippen LogP contribution in [0.15, 0.2) is 212 Å². The predicted molar refractivity (Wildman–Crippen MR) is 265 cm³/mol. The molecule has 7 heteroatoms. The average Bonchev–Trinajstić information content (AvgIpc) is 3.91. The molecule has 0 saturated heterocycles. The molecular weight excluding hydrogens is 807 g/mol. The van der Waals surface area contributed by atoms with Gasteiger partial charge in [0.1, 0.15) is 0 Å². The molecule has 0 atom stereocenters. The van der Waals surface area contributed by atoms with Crippen LogP contribution in [0.3, 0.4) is 0 Å². The van der Waals surface area contributed by atoms with Gasteiger partial charge in [-0.1, -0.05) is 152 Å². The van der Waals surface area contributed by atoms with Crippen LogP contribution in [0.2, 0.25) is 0 Å². The van der Waals surface area contributed by atoms with Crippen molar-refractivity contribution in [3.63, 3.8) is 0 Å². The van der Waals surface area contributed by atoms with Crippen LogP contribution in [-0.4, -0.2) is 24.1 Å². The maximum absolute atomic E-state index is 10.8. The maximum atomic E-state index is 10.8. The van der Waals surface area contributed by atoms with Crippen LogP contribution in [0.1, 0.15) is 11.1 Å². The second-order valence-corrected chi connectivity index (χ2v) is 16.2. The third kappa shape index (κ3) is 6.23. The average molecular weight is 842 g/mol. The Bertz CT molecular complexity index is 3770. The van der Waals surface area contributed by atoms with Crippen molar-refractivity contribution in [3.05, 3.63) is 223 Å². The number of fused-ring (bicyclic) bond motifs is 6. The molecule has 3 heterocycles. The molecule has 0 aliphatic heterocycles. The lowest BCUT2D eigenvalue weighted by molar-refractivity contribution is 1.07. The van der Waals surface area contributed by atoms with E-state index in [9.17, 15) is 10.5 Å². The first kappa shape index (κ1) is 38.3. The fourth-order valence-electron chi connectivity index (χ4n) is 9.53. The van der Waals surface area contributed by atoms with Gasteiger partial charge in [0.15, 0.2) is 17.5 Å². The molecule has 0 bridgehead atoms. The van der Waals surface area contributed by atoms with Crippen molar-refractivity contribution in [1.29, 1.82) is 10.5 Å². The number of hydrogen-bond acceptors (Lipinski definition) is 5. The summed E-state index contributed by atoms with van der Waals surface area (Å²) in [5, 5.41) is 26.0. The van der Waals surface area contributed by atoms with Gasteiger partial charge in [0.25, 0.3) is 0 Å².